The quantitative estimate of drug-likeness (QED) is 0.668. The summed E-state index contributed by atoms with van der Waals surface area (Å²) in [6.45, 7) is 4.80. The van der Waals surface area contributed by atoms with Crippen LogP contribution in [0.5, 0.6) is 0 Å². The van der Waals surface area contributed by atoms with Gasteiger partial charge in [0.15, 0.2) is 5.82 Å². The molecule has 3 N–H and O–H groups in total. The van der Waals surface area contributed by atoms with Crippen LogP contribution in [-0.4, -0.2) is 55.2 Å². The van der Waals surface area contributed by atoms with Gasteiger partial charge in [-0.3, -0.25) is 4.79 Å². The fourth-order valence-corrected chi connectivity index (χ4v) is 1.32. The number of nitrogens with one attached hydrogen (secondary N) is 2. The lowest BCUT2D eigenvalue weighted by Crippen LogP contribution is -2.47. The number of carboxylic acid groups (broad SMARTS) is 1. The van der Waals surface area contributed by atoms with E-state index in [1.165, 1.54) is 4.90 Å². The molecule has 1 aromatic heterocycles. The van der Waals surface area contributed by atoms with E-state index < -0.39 is 18.0 Å². The highest BCUT2D eigenvalue weighted by molar-refractivity contribution is 5.80. The number of H-pyrrole nitrogens is 1. The molecule has 1 aromatic rings. The summed E-state index contributed by atoms with van der Waals surface area (Å²) in [5.74, 6) is -0.728. The average Bonchev–Trinajstić information content (AvgIpc) is 2.78. The standard InChI is InChI=1S/C9H16N6O3/c1-5(2)15(4-7(16)17)9(18)10-6(3)8-11-13-14-12-8/h5-6H,4H2,1-3H3,(H,10,18)(H,16,17)(H,11,12,13,14). The minimum atomic E-state index is -1.06. The summed E-state index contributed by atoms with van der Waals surface area (Å²) in [7, 11) is 0. The third-order valence-electron chi connectivity index (χ3n) is 2.28. The van der Waals surface area contributed by atoms with Crippen molar-refractivity contribution in [3.8, 4) is 0 Å². The third-order valence-corrected chi connectivity index (χ3v) is 2.28. The van der Waals surface area contributed by atoms with Crippen LogP contribution in [-0.2, 0) is 4.79 Å². The number of hydrogen-bond acceptors (Lipinski definition) is 5. The van der Waals surface area contributed by atoms with Gasteiger partial charge in [-0.25, -0.2) is 4.79 Å². The SMILES string of the molecule is CC(NC(=O)N(CC(=O)O)C(C)C)c1nn[nH]n1. The minimum absolute atomic E-state index is 0.224. The number of nitrogens with zero attached hydrogens (tertiary/aromatic N) is 4. The largest absolute Gasteiger partial charge is 0.480 e. The van der Waals surface area contributed by atoms with Crippen molar-refractivity contribution in [2.45, 2.75) is 32.9 Å². The lowest BCUT2D eigenvalue weighted by atomic mass is 10.3. The second kappa shape index (κ2) is 5.94. The number of rotatable bonds is 5. The molecule has 9 heteroatoms. The van der Waals surface area contributed by atoms with E-state index in [1.807, 2.05) is 0 Å². The Morgan fingerprint density at radius 3 is 2.56 bits per heavy atom. The molecule has 0 aromatic carbocycles. The van der Waals surface area contributed by atoms with Crippen LogP contribution in [0.3, 0.4) is 0 Å². The molecule has 0 spiro atoms. The number of aliphatic carboxylic acids is 1. The van der Waals surface area contributed by atoms with Crippen molar-refractivity contribution in [3.05, 3.63) is 5.82 Å². The van der Waals surface area contributed by atoms with Crippen molar-refractivity contribution in [1.29, 1.82) is 0 Å². The van der Waals surface area contributed by atoms with Crippen LogP contribution in [0.2, 0.25) is 0 Å². The molecule has 0 radical (unpaired) electrons. The number of carboxylic acids is 1. The molecule has 0 aliphatic carbocycles. The molecule has 0 bridgehead atoms. The van der Waals surface area contributed by atoms with Crippen LogP contribution in [0, 0.1) is 0 Å². The lowest BCUT2D eigenvalue weighted by molar-refractivity contribution is -0.138. The summed E-state index contributed by atoms with van der Waals surface area (Å²) in [5, 5.41) is 24.5. The van der Waals surface area contributed by atoms with E-state index in [-0.39, 0.29) is 12.6 Å². The Morgan fingerprint density at radius 2 is 2.11 bits per heavy atom. The molecule has 1 rings (SSSR count). The Morgan fingerprint density at radius 1 is 1.44 bits per heavy atom. The predicted molar refractivity (Wildman–Crippen MR) is 60.6 cm³/mol. The minimum Gasteiger partial charge on any atom is -0.480 e. The predicted octanol–water partition coefficient (Wildman–Crippen LogP) is -0.235. The van der Waals surface area contributed by atoms with E-state index in [0.717, 1.165) is 0 Å². The van der Waals surface area contributed by atoms with Crippen LogP contribution in [0.25, 0.3) is 0 Å². The van der Waals surface area contributed by atoms with E-state index >= 15 is 0 Å². The second-order valence-corrected chi connectivity index (χ2v) is 4.06. The molecule has 0 aliphatic heterocycles. The van der Waals surface area contributed by atoms with Gasteiger partial charge in [-0.05, 0) is 20.8 Å². The topological polar surface area (TPSA) is 124 Å². The van der Waals surface area contributed by atoms with Crippen molar-refractivity contribution < 1.29 is 14.7 Å². The summed E-state index contributed by atoms with van der Waals surface area (Å²) >= 11 is 0. The van der Waals surface area contributed by atoms with E-state index in [2.05, 4.69) is 25.9 Å². The maximum atomic E-state index is 11.9. The lowest BCUT2D eigenvalue weighted by Gasteiger charge is -2.26. The number of carbonyl (C=O) groups is 2. The van der Waals surface area contributed by atoms with E-state index in [9.17, 15) is 9.59 Å². The van der Waals surface area contributed by atoms with E-state index in [1.54, 1.807) is 20.8 Å². The first-order valence-electron chi connectivity index (χ1n) is 5.44. The maximum Gasteiger partial charge on any atom is 0.323 e. The van der Waals surface area contributed by atoms with Crippen LogP contribution >= 0.6 is 0 Å². The number of aromatic amines is 1. The van der Waals surface area contributed by atoms with E-state index in [4.69, 9.17) is 5.11 Å². The number of tetrazole rings is 1. The Balaban J connectivity index is 2.64. The number of amides is 2. The summed E-state index contributed by atoms with van der Waals surface area (Å²) in [6.07, 6.45) is 0. The first kappa shape index (κ1) is 13.9. The fourth-order valence-electron chi connectivity index (χ4n) is 1.32. The van der Waals surface area contributed by atoms with Gasteiger partial charge in [-0.15, -0.1) is 10.2 Å². The molecular formula is C9H16N6O3. The van der Waals surface area contributed by atoms with Crippen molar-refractivity contribution in [2.24, 2.45) is 0 Å². The highest BCUT2D eigenvalue weighted by Crippen LogP contribution is 2.06. The molecule has 0 fully saturated rings. The Labute approximate surface area is 104 Å². The van der Waals surface area contributed by atoms with Gasteiger partial charge >= 0.3 is 12.0 Å². The zero-order valence-corrected chi connectivity index (χ0v) is 10.4. The molecule has 1 unspecified atom stereocenters. The molecule has 0 aliphatic rings. The molecule has 0 saturated heterocycles. The first-order chi connectivity index (χ1) is 8.41. The fraction of sp³-hybridized carbons (Fsp3) is 0.667. The molecule has 1 heterocycles. The summed E-state index contributed by atoms with van der Waals surface area (Å²) in [6, 6.07) is -1.16. The van der Waals surface area contributed by atoms with E-state index in [0.29, 0.717) is 5.82 Å². The Bertz CT molecular complexity index is 404. The van der Waals surface area contributed by atoms with Gasteiger partial charge < -0.3 is 15.3 Å². The van der Waals surface area contributed by atoms with Gasteiger partial charge in [0.05, 0.1) is 6.04 Å². The number of urea groups is 1. The van der Waals surface area contributed by atoms with Crippen molar-refractivity contribution in [2.75, 3.05) is 6.54 Å². The summed E-state index contributed by atoms with van der Waals surface area (Å²) < 4.78 is 0. The van der Waals surface area contributed by atoms with Crippen LogP contribution in [0.1, 0.15) is 32.6 Å². The molecular weight excluding hydrogens is 240 g/mol. The van der Waals surface area contributed by atoms with Gasteiger partial charge in [-0.2, -0.15) is 5.21 Å². The maximum absolute atomic E-state index is 11.9. The molecule has 0 saturated carbocycles. The summed E-state index contributed by atoms with van der Waals surface area (Å²) in [5.41, 5.74) is 0. The van der Waals surface area contributed by atoms with Crippen molar-refractivity contribution >= 4 is 12.0 Å². The van der Waals surface area contributed by atoms with Crippen LogP contribution < -0.4 is 5.32 Å². The molecule has 18 heavy (non-hydrogen) atoms. The van der Waals surface area contributed by atoms with Crippen LogP contribution in [0.4, 0.5) is 4.79 Å². The van der Waals surface area contributed by atoms with Crippen molar-refractivity contribution in [3.63, 3.8) is 0 Å². The van der Waals surface area contributed by atoms with Crippen LogP contribution in [0.15, 0.2) is 0 Å². The molecule has 9 nitrogen and oxygen atoms in total. The smallest absolute Gasteiger partial charge is 0.323 e. The van der Waals surface area contributed by atoms with Gasteiger partial charge in [0.25, 0.3) is 0 Å². The number of aromatic nitrogens is 4. The normalized spacial score (nSPS) is 12.2. The second-order valence-electron chi connectivity index (χ2n) is 4.06. The zero-order valence-electron chi connectivity index (χ0n) is 10.4. The number of carbonyl (C=O) groups excluding carboxylic acids is 1. The van der Waals surface area contributed by atoms with Gasteiger partial charge in [0, 0.05) is 6.04 Å². The van der Waals surface area contributed by atoms with Gasteiger partial charge in [-0.1, -0.05) is 5.21 Å². The molecule has 100 valence electrons. The van der Waals surface area contributed by atoms with Gasteiger partial charge in [0.1, 0.15) is 6.54 Å². The highest BCUT2D eigenvalue weighted by atomic mass is 16.4. The Kier molecular flexibility index (Phi) is 4.58. The van der Waals surface area contributed by atoms with Crippen molar-refractivity contribution in [1.82, 2.24) is 30.8 Å². The monoisotopic (exact) mass is 256 g/mol. The van der Waals surface area contributed by atoms with Gasteiger partial charge in [0.2, 0.25) is 0 Å². The summed E-state index contributed by atoms with van der Waals surface area (Å²) in [4.78, 5) is 23.8. The molecule has 2 amide bonds. The number of hydrogen-bond donors (Lipinski definition) is 3. The highest BCUT2D eigenvalue weighted by Gasteiger charge is 2.22. The first-order valence-corrected chi connectivity index (χ1v) is 5.44. The Hall–Kier alpha value is -2.19. The molecule has 1 atom stereocenters. The third kappa shape index (κ3) is 3.68. The zero-order chi connectivity index (χ0) is 13.7. The average molecular weight is 256 g/mol.